The molecule has 3 rings (SSSR count). The highest BCUT2D eigenvalue weighted by molar-refractivity contribution is 5.26. The molecule has 2 saturated carbocycles. The number of allylic oxidation sites excluding steroid dienone is 2. The molecule has 0 saturated heterocycles. The van der Waals surface area contributed by atoms with E-state index in [4.69, 9.17) is 0 Å². The van der Waals surface area contributed by atoms with E-state index in [2.05, 4.69) is 43.3 Å². The van der Waals surface area contributed by atoms with E-state index in [0.717, 1.165) is 30.1 Å². The third kappa shape index (κ3) is 9.96. The van der Waals surface area contributed by atoms with Gasteiger partial charge in [0.25, 0.3) is 0 Å². The van der Waals surface area contributed by atoms with Crippen molar-refractivity contribution in [3.05, 3.63) is 47.5 Å². The van der Waals surface area contributed by atoms with Crippen molar-refractivity contribution < 1.29 is 4.39 Å². The minimum Gasteiger partial charge on any atom is -0.251 e. The third-order valence-corrected chi connectivity index (χ3v) is 8.73. The van der Waals surface area contributed by atoms with Crippen LogP contribution in [0.3, 0.4) is 0 Å². The molecule has 0 unspecified atom stereocenters. The molecule has 186 valence electrons. The Hall–Kier alpha value is -1.11. The van der Waals surface area contributed by atoms with Gasteiger partial charge in [-0.25, -0.2) is 0 Å². The predicted octanol–water partition coefficient (Wildman–Crippen LogP) is 10.4. The molecule has 0 bridgehead atoms. The van der Waals surface area contributed by atoms with Crippen LogP contribution >= 0.6 is 0 Å². The lowest BCUT2D eigenvalue weighted by Gasteiger charge is -2.32. The average Bonchev–Trinajstić information content (AvgIpc) is 2.86. The molecule has 0 N–H and O–H groups in total. The summed E-state index contributed by atoms with van der Waals surface area (Å²) in [6.07, 6.45) is 28.4. The molecule has 0 heterocycles. The quantitative estimate of drug-likeness (QED) is 0.194. The van der Waals surface area contributed by atoms with Crippen LogP contribution in [0.2, 0.25) is 0 Å². The summed E-state index contributed by atoms with van der Waals surface area (Å²) in [6, 6.07) is 9.67. The number of hydrogen-bond donors (Lipinski definition) is 0. The zero-order valence-corrected chi connectivity index (χ0v) is 21.6. The van der Waals surface area contributed by atoms with Crippen molar-refractivity contribution in [2.45, 2.75) is 128 Å². The molecule has 0 aliphatic heterocycles. The molecule has 2 aliphatic carbocycles. The monoisotopic (exact) mass is 454 g/mol. The van der Waals surface area contributed by atoms with Crippen LogP contribution in [0.15, 0.2) is 36.4 Å². The fourth-order valence-electron chi connectivity index (χ4n) is 6.36. The molecular weight excluding hydrogens is 403 g/mol. The van der Waals surface area contributed by atoms with Gasteiger partial charge in [-0.3, -0.25) is 4.39 Å². The lowest BCUT2D eigenvalue weighted by molar-refractivity contribution is 0.225. The van der Waals surface area contributed by atoms with Gasteiger partial charge in [-0.2, -0.15) is 0 Å². The first-order valence-corrected chi connectivity index (χ1v) is 14.6. The summed E-state index contributed by atoms with van der Waals surface area (Å²) in [5, 5.41) is 0. The molecule has 0 atom stereocenters. The minimum atomic E-state index is -0.178. The molecule has 0 aromatic heterocycles. The second-order valence-corrected chi connectivity index (χ2v) is 11.3. The van der Waals surface area contributed by atoms with E-state index in [0.29, 0.717) is 6.42 Å². The topological polar surface area (TPSA) is 0 Å². The predicted molar refractivity (Wildman–Crippen MR) is 143 cm³/mol. The lowest BCUT2D eigenvalue weighted by Crippen LogP contribution is -2.17. The van der Waals surface area contributed by atoms with E-state index >= 15 is 0 Å². The SMILES string of the molecule is CCCCCc1ccc(C2CCC(CCC3CCC(CC/C=C/CCCF)CC3)CC2)cc1. The summed E-state index contributed by atoms with van der Waals surface area (Å²) in [4.78, 5) is 0. The van der Waals surface area contributed by atoms with Crippen LogP contribution in [0, 0.1) is 17.8 Å². The van der Waals surface area contributed by atoms with Crippen LogP contribution in [0.25, 0.3) is 0 Å². The van der Waals surface area contributed by atoms with Crippen LogP contribution in [0.4, 0.5) is 4.39 Å². The number of halogens is 1. The summed E-state index contributed by atoms with van der Waals surface area (Å²) in [7, 11) is 0. The van der Waals surface area contributed by atoms with E-state index < -0.39 is 0 Å². The van der Waals surface area contributed by atoms with Crippen molar-refractivity contribution in [2.75, 3.05) is 6.67 Å². The molecule has 1 aromatic rings. The molecule has 0 spiro atoms. The maximum atomic E-state index is 12.1. The first kappa shape index (κ1) is 26.5. The average molecular weight is 455 g/mol. The zero-order chi connectivity index (χ0) is 23.1. The summed E-state index contributed by atoms with van der Waals surface area (Å²) in [5.74, 6) is 3.74. The Balaban J connectivity index is 1.26. The highest BCUT2D eigenvalue weighted by atomic mass is 19.1. The number of benzene rings is 1. The maximum absolute atomic E-state index is 12.1. The van der Waals surface area contributed by atoms with Crippen LogP contribution in [-0.2, 0) is 6.42 Å². The molecule has 1 heteroatoms. The number of rotatable bonds is 14. The minimum absolute atomic E-state index is 0.178. The molecular formula is C32H51F. The number of alkyl halides is 1. The van der Waals surface area contributed by atoms with Crippen LogP contribution in [0.5, 0.6) is 0 Å². The summed E-state index contributed by atoms with van der Waals surface area (Å²) >= 11 is 0. The maximum Gasteiger partial charge on any atom is 0.0897 e. The van der Waals surface area contributed by atoms with Gasteiger partial charge in [-0.1, -0.05) is 94.7 Å². The van der Waals surface area contributed by atoms with Gasteiger partial charge in [0.1, 0.15) is 0 Å². The summed E-state index contributed by atoms with van der Waals surface area (Å²) in [5.41, 5.74) is 3.13. The van der Waals surface area contributed by atoms with E-state index in [1.165, 1.54) is 108 Å². The Morgan fingerprint density at radius 3 is 1.88 bits per heavy atom. The first-order chi connectivity index (χ1) is 16.3. The van der Waals surface area contributed by atoms with Gasteiger partial charge in [0.2, 0.25) is 0 Å². The largest absolute Gasteiger partial charge is 0.251 e. The summed E-state index contributed by atoms with van der Waals surface area (Å²) in [6.45, 7) is 2.11. The van der Waals surface area contributed by atoms with Gasteiger partial charge in [0.15, 0.2) is 0 Å². The van der Waals surface area contributed by atoms with Crippen molar-refractivity contribution >= 4 is 0 Å². The van der Waals surface area contributed by atoms with Gasteiger partial charge >= 0.3 is 0 Å². The Morgan fingerprint density at radius 2 is 1.27 bits per heavy atom. The second-order valence-electron chi connectivity index (χ2n) is 11.3. The fraction of sp³-hybridized carbons (Fsp3) is 0.750. The molecule has 2 fully saturated rings. The number of hydrogen-bond acceptors (Lipinski definition) is 0. The Bertz CT molecular complexity index is 629. The van der Waals surface area contributed by atoms with Gasteiger partial charge < -0.3 is 0 Å². The lowest BCUT2D eigenvalue weighted by atomic mass is 9.74. The Kier molecular flexibility index (Phi) is 12.6. The molecule has 1 aromatic carbocycles. The highest BCUT2D eigenvalue weighted by Crippen LogP contribution is 2.40. The smallest absolute Gasteiger partial charge is 0.0897 e. The zero-order valence-electron chi connectivity index (χ0n) is 21.6. The van der Waals surface area contributed by atoms with Gasteiger partial charge in [0, 0.05) is 0 Å². The molecule has 0 radical (unpaired) electrons. The summed E-state index contributed by atoms with van der Waals surface area (Å²) < 4.78 is 12.1. The third-order valence-electron chi connectivity index (χ3n) is 8.73. The number of aryl methyl sites for hydroxylation is 1. The van der Waals surface area contributed by atoms with Crippen molar-refractivity contribution in [3.63, 3.8) is 0 Å². The van der Waals surface area contributed by atoms with E-state index in [1.807, 2.05) is 0 Å². The van der Waals surface area contributed by atoms with E-state index in [-0.39, 0.29) is 6.67 Å². The normalized spacial score (nSPS) is 26.1. The van der Waals surface area contributed by atoms with Crippen molar-refractivity contribution in [2.24, 2.45) is 17.8 Å². The first-order valence-electron chi connectivity index (χ1n) is 14.6. The fourth-order valence-corrected chi connectivity index (χ4v) is 6.36. The van der Waals surface area contributed by atoms with Crippen molar-refractivity contribution in [3.8, 4) is 0 Å². The molecule has 0 amide bonds. The van der Waals surface area contributed by atoms with Crippen LogP contribution in [0.1, 0.15) is 133 Å². The van der Waals surface area contributed by atoms with Crippen molar-refractivity contribution in [1.82, 2.24) is 0 Å². The van der Waals surface area contributed by atoms with Crippen LogP contribution < -0.4 is 0 Å². The standard InChI is InChI=1S/C32H51F/c1-2-3-7-10-28-18-22-31(23-19-28)32-24-20-30(21-25-32)17-16-29-14-12-27(13-15-29)11-8-5-4-6-9-26-33/h4-5,18-19,22-23,27,29-30,32H,2-3,6-17,20-21,24-26H2,1H3/b5-4+. The Labute approximate surface area is 204 Å². The highest BCUT2D eigenvalue weighted by Gasteiger charge is 2.25. The van der Waals surface area contributed by atoms with Crippen molar-refractivity contribution in [1.29, 1.82) is 0 Å². The van der Waals surface area contributed by atoms with Gasteiger partial charge in [0.05, 0.1) is 6.67 Å². The number of unbranched alkanes of at least 4 members (excludes halogenated alkanes) is 3. The van der Waals surface area contributed by atoms with E-state index in [9.17, 15) is 4.39 Å². The molecule has 33 heavy (non-hydrogen) atoms. The van der Waals surface area contributed by atoms with Crippen LogP contribution in [-0.4, -0.2) is 6.67 Å². The van der Waals surface area contributed by atoms with Gasteiger partial charge in [-0.15, -0.1) is 0 Å². The second kappa shape index (κ2) is 15.7. The molecule has 0 nitrogen and oxygen atoms in total. The molecule has 2 aliphatic rings. The van der Waals surface area contributed by atoms with Gasteiger partial charge in [-0.05, 0) is 99.0 Å². The Morgan fingerprint density at radius 1 is 0.697 bits per heavy atom. The van der Waals surface area contributed by atoms with E-state index in [1.54, 1.807) is 5.56 Å².